The molecule has 6 heteroatoms. The largest absolute Gasteiger partial charge is 0.466 e. The van der Waals surface area contributed by atoms with Gasteiger partial charge in [0.05, 0.1) is 25.4 Å². The van der Waals surface area contributed by atoms with Crippen LogP contribution in [0.15, 0.2) is 36.5 Å². The zero-order valence-electron chi connectivity index (χ0n) is 49.8. The number of hydrogen-bond acceptors (Lipinski definition) is 5. The summed E-state index contributed by atoms with van der Waals surface area (Å²) in [6, 6.07) is -0.630. The van der Waals surface area contributed by atoms with E-state index in [1.807, 2.05) is 6.08 Å². The van der Waals surface area contributed by atoms with Gasteiger partial charge in [-0.3, -0.25) is 9.59 Å². The Kier molecular flexibility index (Phi) is 62.0. The van der Waals surface area contributed by atoms with E-state index >= 15 is 0 Å². The van der Waals surface area contributed by atoms with E-state index in [4.69, 9.17) is 4.74 Å². The number of hydrogen-bond donors (Lipinski definition) is 3. The van der Waals surface area contributed by atoms with Crippen LogP contribution in [0.4, 0.5) is 0 Å². The lowest BCUT2D eigenvalue weighted by atomic mass is 10.0. The third-order valence-corrected chi connectivity index (χ3v) is 15.4. The summed E-state index contributed by atoms with van der Waals surface area (Å²) in [5, 5.41) is 23.2. The lowest BCUT2D eigenvalue weighted by Gasteiger charge is -2.20. The fourth-order valence-corrected chi connectivity index (χ4v) is 10.3. The van der Waals surface area contributed by atoms with E-state index in [2.05, 4.69) is 43.5 Å². The molecule has 0 aromatic rings. The molecule has 0 spiro atoms. The Hall–Kier alpha value is -1.92. The highest BCUT2D eigenvalue weighted by Gasteiger charge is 2.18. The summed E-state index contributed by atoms with van der Waals surface area (Å²) >= 11 is 0. The molecule has 0 saturated heterocycles. The number of aliphatic hydroxyl groups is 2. The maximum Gasteiger partial charge on any atom is 0.305 e. The molecule has 74 heavy (non-hydrogen) atoms. The third kappa shape index (κ3) is 59.3. The first-order valence-corrected chi connectivity index (χ1v) is 33.3. The van der Waals surface area contributed by atoms with Crippen molar-refractivity contribution in [3.8, 4) is 0 Å². The van der Waals surface area contributed by atoms with Gasteiger partial charge < -0.3 is 20.3 Å². The first-order valence-electron chi connectivity index (χ1n) is 33.3. The summed E-state index contributed by atoms with van der Waals surface area (Å²) in [7, 11) is 0. The molecule has 2 atom stereocenters. The van der Waals surface area contributed by atoms with Crippen molar-refractivity contribution < 1.29 is 24.5 Å². The zero-order chi connectivity index (χ0) is 53.6. The quantitative estimate of drug-likeness (QED) is 0.0320. The maximum absolute atomic E-state index is 12.5. The summed E-state index contributed by atoms with van der Waals surface area (Å²) in [4.78, 5) is 24.6. The number of nitrogens with one attached hydrogen (secondary N) is 1. The average molecular weight is 1040 g/mol. The van der Waals surface area contributed by atoms with Crippen LogP contribution in [0, 0.1) is 0 Å². The van der Waals surface area contributed by atoms with Gasteiger partial charge in [-0.2, -0.15) is 0 Å². The van der Waals surface area contributed by atoms with Crippen molar-refractivity contribution in [1.29, 1.82) is 0 Å². The number of allylic oxidation sites excluding steroid dienone is 5. The van der Waals surface area contributed by atoms with E-state index in [-0.39, 0.29) is 18.5 Å². The molecular weight excluding hydrogens is 911 g/mol. The molecular formula is C68H129NO5. The molecule has 0 aliphatic rings. The average Bonchev–Trinajstić information content (AvgIpc) is 3.40. The van der Waals surface area contributed by atoms with Gasteiger partial charge in [0.1, 0.15) is 0 Å². The highest BCUT2D eigenvalue weighted by atomic mass is 16.5. The highest BCUT2D eigenvalue weighted by molar-refractivity contribution is 5.76. The van der Waals surface area contributed by atoms with Gasteiger partial charge in [0.15, 0.2) is 0 Å². The first kappa shape index (κ1) is 72.1. The van der Waals surface area contributed by atoms with Crippen molar-refractivity contribution in [2.24, 2.45) is 0 Å². The minimum Gasteiger partial charge on any atom is -0.466 e. The van der Waals surface area contributed by atoms with Crippen LogP contribution in [0.2, 0.25) is 0 Å². The molecule has 436 valence electrons. The molecule has 0 aromatic carbocycles. The molecule has 0 radical (unpaired) electrons. The Bertz CT molecular complexity index is 1200. The van der Waals surface area contributed by atoms with Crippen LogP contribution in [-0.4, -0.2) is 47.4 Å². The van der Waals surface area contributed by atoms with Gasteiger partial charge in [0.25, 0.3) is 0 Å². The summed E-state index contributed by atoms with van der Waals surface area (Å²) < 4.78 is 5.48. The molecule has 0 aliphatic carbocycles. The Morgan fingerprint density at radius 2 is 0.689 bits per heavy atom. The number of amides is 1. The Morgan fingerprint density at radius 1 is 0.378 bits per heavy atom. The summed E-state index contributed by atoms with van der Waals surface area (Å²) in [5.41, 5.74) is 0. The van der Waals surface area contributed by atoms with Gasteiger partial charge in [-0.1, -0.05) is 326 Å². The standard InChI is InChI=1S/C68H129NO5/c1-3-5-7-9-11-13-15-17-19-20-21-22-24-27-30-33-36-40-44-48-52-56-60-66(71)65(64-70)69-67(72)61-57-53-49-45-41-37-34-31-28-25-23-26-29-32-35-39-43-47-51-55-59-63-74-68(73)62-58-54-50-46-42-38-18-16-14-12-10-8-6-4-2/h10,12,16,18,56,60,65-66,70-71H,3-9,11,13-15,17,19-55,57-59,61-64H2,1-2H3,(H,69,72)/b12-10-,18-16-,60-56+. The Labute approximate surface area is 462 Å². The molecule has 6 nitrogen and oxygen atoms in total. The fourth-order valence-electron chi connectivity index (χ4n) is 10.3. The number of ether oxygens (including phenoxy) is 1. The molecule has 0 heterocycles. The van der Waals surface area contributed by atoms with Crippen molar-refractivity contribution in [3.05, 3.63) is 36.5 Å². The second-order valence-electron chi connectivity index (χ2n) is 22.8. The normalized spacial score (nSPS) is 12.8. The minimum atomic E-state index is -0.847. The number of esters is 1. The van der Waals surface area contributed by atoms with E-state index in [0.717, 1.165) is 51.4 Å². The molecule has 2 unspecified atom stereocenters. The monoisotopic (exact) mass is 1040 g/mol. The topological polar surface area (TPSA) is 95.9 Å². The van der Waals surface area contributed by atoms with Crippen molar-refractivity contribution in [3.63, 3.8) is 0 Å². The van der Waals surface area contributed by atoms with Gasteiger partial charge in [-0.15, -0.1) is 0 Å². The maximum atomic E-state index is 12.5. The van der Waals surface area contributed by atoms with Gasteiger partial charge in [0, 0.05) is 12.8 Å². The van der Waals surface area contributed by atoms with Crippen molar-refractivity contribution in [2.45, 2.75) is 373 Å². The number of rotatable bonds is 62. The van der Waals surface area contributed by atoms with Crippen molar-refractivity contribution in [1.82, 2.24) is 5.32 Å². The molecule has 0 aliphatic heterocycles. The SMILES string of the molecule is CCCC/C=C\C/C=C\CCCCCCCC(=O)OCCCCCCCCCCCCCCCCCCCCCCCC(=O)NC(CO)C(O)/C=C/CCCCCCCCCCCCCCCCCCCCCC. The number of aliphatic hydroxyl groups excluding tert-OH is 2. The molecule has 0 fully saturated rings. The van der Waals surface area contributed by atoms with E-state index in [0.29, 0.717) is 19.4 Å². The van der Waals surface area contributed by atoms with Gasteiger partial charge in [0.2, 0.25) is 5.91 Å². The Balaban J connectivity index is 3.42. The molecule has 0 bridgehead atoms. The number of carbonyl (C=O) groups is 2. The van der Waals surface area contributed by atoms with Crippen LogP contribution < -0.4 is 5.32 Å². The van der Waals surface area contributed by atoms with Crippen molar-refractivity contribution in [2.75, 3.05) is 13.2 Å². The van der Waals surface area contributed by atoms with Crippen LogP contribution in [0.1, 0.15) is 361 Å². The lowest BCUT2D eigenvalue weighted by Crippen LogP contribution is -2.45. The Morgan fingerprint density at radius 3 is 1.07 bits per heavy atom. The fraction of sp³-hybridized carbons (Fsp3) is 0.882. The second-order valence-corrected chi connectivity index (χ2v) is 22.8. The second kappa shape index (κ2) is 63.6. The number of unbranched alkanes of at least 4 members (excludes halogenated alkanes) is 47. The van der Waals surface area contributed by atoms with Crippen LogP contribution in [0.5, 0.6) is 0 Å². The predicted octanol–water partition coefficient (Wildman–Crippen LogP) is 21.1. The van der Waals surface area contributed by atoms with Gasteiger partial charge in [-0.05, 0) is 57.8 Å². The molecule has 0 saturated carbocycles. The molecule has 1 amide bonds. The highest BCUT2D eigenvalue weighted by Crippen LogP contribution is 2.18. The van der Waals surface area contributed by atoms with Crippen LogP contribution in [0.25, 0.3) is 0 Å². The van der Waals surface area contributed by atoms with E-state index in [9.17, 15) is 19.8 Å². The van der Waals surface area contributed by atoms with Crippen molar-refractivity contribution >= 4 is 11.9 Å². The van der Waals surface area contributed by atoms with Crippen LogP contribution >= 0.6 is 0 Å². The zero-order valence-corrected chi connectivity index (χ0v) is 49.8. The number of carbonyl (C=O) groups excluding carboxylic acids is 2. The third-order valence-electron chi connectivity index (χ3n) is 15.4. The summed E-state index contributed by atoms with van der Waals surface area (Å²) in [6.45, 7) is 4.88. The van der Waals surface area contributed by atoms with E-state index in [1.165, 1.54) is 283 Å². The molecule has 0 rings (SSSR count). The minimum absolute atomic E-state index is 0.00287. The van der Waals surface area contributed by atoms with Crippen LogP contribution in [-0.2, 0) is 14.3 Å². The molecule has 3 N–H and O–H groups in total. The van der Waals surface area contributed by atoms with E-state index < -0.39 is 12.1 Å². The van der Waals surface area contributed by atoms with Gasteiger partial charge >= 0.3 is 5.97 Å². The summed E-state index contributed by atoms with van der Waals surface area (Å²) in [5.74, 6) is -0.0688. The van der Waals surface area contributed by atoms with E-state index in [1.54, 1.807) is 6.08 Å². The predicted molar refractivity (Wildman–Crippen MR) is 324 cm³/mol. The smallest absolute Gasteiger partial charge is 0.305 e. The van der Waals surface area contributed by atoms with Gasteiger partial charge in [-0.25, -0.2) is 0 Å². The summed E-state index contributed by atoms with van der Waals surface area (Å²) in [6.07, 6.45) is 80.5. The first-order chi connectivity index (χ1) is 36.5. The lowest BCUT2D eigenvalue weighted by molar-refractivity contribution is -0.143. The van der Waals surface area contributed by atoms with Crippen LogP contribution in [0.3, 0.4) is 0 Å². The molecule has 0 aromatic heterocycles.